The first kappa shape index (κ1) is 18.5. The topological polar surface area (TPSA) is 46.3 Å². The molecule has 0 saturated carbocycles. The van der Waals surface area contributed by atoms with Crippen molar-refractivity contribution >= 4 is 5.91 Å². The lowest BCUT2D eigenvalue weighted by molar-refractivity contribution is -0.184. The number of amides is 1. The molecule has 1 aromatic carbocycles. The van der Waals surface area contributed by atoms with Crippen molar-refractivity contribution in [1.29, 1.82) is 0 Å². The number of rotatable bonds is 1. The normalized spacial score (nSPS) is 22.6. The Morgan fingerprint density at radius 1 is 1.12 bits per heavy atom. The zero-order valence-electron chi connectivity index (χ0n) is 12.1. The predicted octanol–water partition coefficient (Wildman–Crippen LogP) is 3.34. The van der Waals surface area contributed by atoms with Crippen LogP contribution in [-0.4, -0.2) is 35.6 Å². The number of likely N-dealkylation sites (tertiary alicyclic amines) is 1. The summed E-state index contributed by atoms with van der Waals surface area (Å²) in [6.07, 6.45) is -10.3. The lowest BCUT2D eigenvalue weighted by Crippen LogP contribution is -2.56. The van der Waals surface area contributed by atoms with Gasteiger partial charge in [-0.3, -0.25) is 4.79 Å². The summed E-state index contributed by atoms with van der Waals surface area (Å²) in [7, 11) is 0. The van der Waals surface area contributed by atoms with E-state index in [9.17, 15) is 35.5 Å². The van der Waals surface area contributed by atoms with Crippen molar-refractivity contribution in [3.63, 3.8) is 0 Å². The van der Waals surface area contributed by atoms with Crippen molar-refractivity contribution in [3.8, 4) is 0 Å². The van der Waals surface area contributed by atoms with Gasteiger partial charge in [0.2, 0.25) is 0 Å². The maximum absolute atomic E-state index is 14.0. The van der Waals surface area contributed by atoms with Gasteiger partial charge < -0.3 is 10.6 Å². The van der Waals surface area contributed by atoms with E-state index in [-0.39, 0.29) is 6.42 Å². The van der Waals surface area contributed by atoms with Gasteiger partial charge in [-0.1, -0.05) is 6.07 Å². The second kappa shape index (κ2) is 6.23. The second-order valence-corrected chi connectivity index (χ2v) is 5.52. The molecule has 2 N–H and O–H groups in total. The highest BCUT2D eigenvalue weighted by Gasteiger charge is 2.48. The van der Waals surface area contributed by atoms with Crippen molar-refractivity contribution in [2.75, 3.05) is 6.54 Å². The molecule has 2 rings (SSSR count). The summed E-state index contributed by atoms with van der Waals surface area (Å²) in [4.78, 5) is 12.6. The molecule has 24 heavy (non-hydrogen) atoms. The fourth-order valence-corrected chi connectivity index (χ4v) is 2.63. The molecular weight excluding hydrogens is 345 g/mol. The van der Waals surface area contributed by atoms with Crippen LogP contribution in [0, 0.1) is 5.82 Å². The monoisotopic (exact) mass is 358 g/mol. The van der Waals surface area contributed by atoms with Crippen molar-refractivity contribution < 1.29 is 35.5 Å². The number of nitrogens with zero attached hydrogens (tertiary/aromatic N) is 1. The minimum atomic E-state index is -5.07. The molecule has 0 spiro atoms. The Labute approximate surface area is 132 Å². The molecule has 1 heterocycles. The number of carbonyl (C=O) groups is 1. The Kier molecular flexibility index (Phi) is 4.80. The molecule has 134 valence electrons. The van der Waals surface area contributed by atoms with E-state index in [0.29, 0.717) is 11.0 Å². The number of alkyl halides is 6. The van der Waals surface area contributed by atoms with Crippen LogP contribution >= 0.6 is 0 Å². The van der Waals surface area contributed by atoms with E-state index in [0.717, 1.165) is 12.1 Å². The fourth-order valence-electron chi connectivity index (χ4n) is 2.63. The van der Waals surface area contributed by atoms with E-state index in [1.165, 1.54) is 0 Å². The van der Waals surface area contributed by atoms with Crippen LogP contribution in [0.5, 0.6) is 0 Å². The van der Waals surface area contributed by atoms with E-state index < -0.39 is 60.3 Å². The van der Waals surface area contributed by atoms with Crippen molar-refractivity contribution in [3.05, 3.63) is 35.1 Å². The van der Waals surface area contributed by atoms with E-state index in [4.69, 9.17) is 5.73 Å². The highest BCUT2D eigenvalue weighted by Crippen LogP contribution is 2.35. The average molecular weight is 358 g/mol. The largest absolute Gasteiger partial charge is 0.419 e. The number of piperidine rings is 1. The smallest absolute Gasteiger partial charge is 0.326 e. The molecule has 1 fully saturated rings. The summed E-state index contributed by atoms with van der Waals surface area (Å²) in [5.41, 5.74) is 2.78. The third-order valence-electron chi connectivity index (χ3n) is 3.79. The van der Waals surface area contributed by atoms with Crippen LogP contribution in [0.4, 0.5) is 30.7 Å². The van der Waals surface area contributed by atoms with Crippen LogP contribution in [-0.2, 0) is 6.18 Å². The number of hydrogen-bond donors (Lipinski definition) is 1. The van der Waals surface area contributed by atoms with Crippen molar-refractivity contribution in [2.24, 2.45) is 5.73 Å². The van der Waals surface area contributed by atoms with E-state index >= 15 is 0 Å². The van der Waals surface area contributed by atoms with Crippen LogP contribution in [0.15, 0.2) is 18.2 Å². The third-order valence-corrected chi connectivity index (χ3v) is 3.79. The summed E-state index contributed by atoms with van der Waals surface area (Å²) >= 11 is 0. The Morgan fingerprint density at radius 2 is 1.75 bits per heavy atom. The molecular formula is C14H13F7N2O. The maximum Gasteiger partial charge on any atom is 0.419 e. The zero-order chi connectivity index (χ0) is 18.3. The first-order valence-electron chi connectivity index (χ1n) is 6.92. The van der Waals surface area contributed by atoms with Crippen LogP contribution in [0.3, 0.4) is 0 Å². The summed E-state index contributed by atoms with van der Waals surface area (Å²) in [6.45, 7) is -0.515. The number of carbonyl (C=O) groups excluding carboxylic acids is 1. The molecule has 10 heteroatoms. The molecule has 2 atom stereocenters. The highest BCUT2D eigenvalue weighted by molar-refractivity contribution is 5.95. The SMILES string of the molecule is N[C@@H]1CC[C@H](C(F)(F)F)N(C(=O)c2cccc(C(F)(F)F)c2F)C1. The Balaban J connectivity index is 2.43. The fraction of sp³-hybridized carbons (Fsp3) is 0.500. The van der Waals surface area contributed by atoms with Gasteiger partial charge in [0.25, 0.3) is 5.91 Å². The molecule has 0 aromatic heterocycles. The van der Waals surface area contributed by atoms with Crippen LogP contribution in [0.2, 0.25) is 0 Å². The molecule has 1 amide bonds. The van der Waals surface area contributed by atoms with Crippen molar-refractivity contribution in [1.82, 2.24) is 4.90 Å². The Hall–Kier alpha value is -1.84. The van der Waals surface area contributed by atoms with Crippen LogP contribution < -0.4 is 5.73 Å². The summed E-state index contributed by atoms with van der Waals surface area (Å²) in [6, 6.07) is -1.07. The second-order valence-electron chi connectivity index (χ2n) is 5.52. The van der Waals surface area contributed by atoms with Gasteiger partial charge in [-0.05, 0) is 25.0 Å². The average Bonchev–Trinajstić information content (AvgIpc) is 2.44. The van der Waals surface area contributed by atoms with Gasteiger partial charge in [-0.25, -0.2) is 4.39 Å². The lowest BCUT2D eigenvalue weighted by atomic mass is 9.96. The van der Waals surface area contributed by atoms with E-state index in [2.05, 4.69) is 0 Å². The van der Waals surface area contributed by atoms with Gasteiger partial charge in [-0.15, -0.1) is 0 Å². The molecule has 0 radical (unpaired) electrons. The summed E-state index contributed by atoms with van der Waals surface area (Å²) in [5.74, 6) is -3.36. The molecule has 1 aromatic rings. The highest BCUT2D eigenvalue weighted by atomic mass is 19.4. The number of halogens is 7. The number of hydrogen-bond acceptors (Lipinski definition) is 2. The van der Waals surface area contributed by atoms with Crippen LogP contribution in [0.1, 0.15) is 28.8 Å². The predicted molar refractivity (Wildman–Crippen MR) is 69.5 cm³/mol. The quantitative estimate of drug-likeness (QED) is 0.783. The molecule has 0 aliphatic carbocycles. The van der Waals surface area contributed by atoms with E-state index in [1.807, 2.05) is 0 Å². The molecule has 3 nitrogen and oxygen atoms in total. The zero-order valence-corrected chi connectivity index (χ0v) is 12.1. The lowest BCUT2D eigenvalue weighted by Gasteiger charge is -2.39. The minimum absolute atomic E-state index is 0.000963. The standard InChI is InChI=1S/C14H13F7N2O/c15-11-8(2-1-3-9(11)13(16,17)18)12(24)23-6-7(22)4-5-10(23)14(19,20)21/h1-3,7,10H,4-6,22H2/t7-,10-/m1/s1. The van der Waals surface area contributed by atoms with E-state index in [1.54, 1.807) is 0 Å². The maximum atomic E-state index is 14.0. The van der Waals surface area contributed by atoms with Crippen LogP contribution in [0.25, 0.3) is 0 Å². The molecule has 0 unspecified atom stereocenters. The van der Waals surface area contributed by atoms with Crippen molar-refractivity contribution in [2.45, 2.75) is 37.3 Å². The Bertz CT molecular complexity index is 627. The van der Waals surface area contributed by atoms with Gasteiger partial charge >= 0.3 is 12.4 Å². The third kappa shape index (κ3) is 3.63. The first-order valence-corrected chi connectivity index (χ1v) is 6.92. The molecule has 1 aliphatic heterocycles. The minimum Gasteiger partial charge on any atom is -0.326 e. The van der Waals surface area contributed by atoms with Gasteiger partial charge in [0.1, 0.15) is 11.9 Å². The van der Waals surface area contributed by atoms with Gasteiger partial charge in [-0.2, -0.15) is 26.3 Å². The van der Waals surface area contributed by atoms with Gasteiger partial charge in [0.15, 0.2) is 0 Å². The molecule has 1 saturated heterocycles. The van der Waals surface area contributed by atoms with Gasteiger partial charge in [0.05, 0.1) is 11.1 Å². The summed E-state index contributed by atoms with van der Waals surface area (Å²) in [5, 5.41) is 0. The Morgan fingerprint density at radius 3 is 2.29 bits per heavy atom. The molecule has 0 bridgehead atoms. The first-order chi connectivity index (χ1) is 10.9. The summed E-state index contributed by atoms with van der Waals surface area (Å²) < 4.78 is 91.3. The van der Waals surface area contributed by atoms with Gasteiger partial charge in [0, 0.05) is 12.6 Å². The number of benzene rings is 1. The number of nitrogens with two attached hydrogens (primary N) is 1. The molecule has 1 aliphatic rings.